The molecule has 108 heavy (non-hydrogen) atoms. The summed E-state index contributed by atoms with van der Waals surface area (Å²) in [6.45, 7) is 0. The molecule has 0 saturated heterocycles. The van der Waals surface area contributed by atoms with Gasteiger partial charge in [-0.15, -0.1) is 0 Å². The van der Waals surface area contributed by atoms with E-state index in [4.69, 9.17) is 0 Å². The zero-order chi connectivity index (χ0) is 70.9. The molecule has 2 aliphatic rings. The van der Waals surface area contributed by atoms with Crippen LogP contribution in [0.25, 0.3) is 193 Å². The van der Waals surface area contributed by atoms with Crippen LogP contribution in [0.4, 0.5) is 17.1 Å². The van der Waals surface area contributed by atoms with Crippen LogP contribution in [0.5, 0.6) is 0 Å². The predicted octanol–water partition coefficient (Wildman–Crippen LogP) is 28.4. The van der Waals surface area contributed by atoms with E-state index in [-0.39, 0.29) is 0 Å². The average molecular weight is 1370 g/mol. The van der Waals surface area contributed by atoms with Crippen molar-refractivity contribution in [3.05, 3.63) is 400 Å². The van der Waals surface area contributed by atoms with Crippen molar-refractivity contribution in [3.63, 3.8) is 0 Å². The van der Waals surface area contributed by atoms with Crippen LogP contribution in [-0.4, -0.2) is 13.7 Å². The summed E-state index contributed by atoms with van der Waals surface area (Å²) >= 11 is 0. The van der Waals surface area contributed by atoms with Crippen LogP contribution in [-0.2, 0) is 0 Å². The lowest BCUT2D eigenvalue weighted by atomic mass is 9.90. The molecule has 4 heteroatoms. The fraction of sp³-hybridized carbons (Fsp3) is 0. The Morgan fingerprint density at radius 2 is 0.444 bits per heavy atom. The van der Waals surface area contributed by atoms with Crippen molar-refractivity contribution >= 4 is 104 Å². The molecule has 3 heterocycles. The largest absolute Gasteiger partial charge is 0.311 e. The van der Waals surface area contributed by atoms with E-state index in [1.165, 1.54) is 182 Å². The molecule has 0 fully saturated rings. The van der Waals surface area contributed by atoms with Crippen LogP contribution in [0, 0.1) is 0 Å². The second-order valence-electron chi connectivity index (χ2n) is 28.6. The van der Waals surface area contributed by atoms with E-state index in [0.717, 1.165) is 28.4 Å². The van der Waals surface area contributed by atoms with Gasteiger partial charge in [-0.25, -0.2) is 0 Å². The molecule has 18 aromatic carbocycles. The zero-order valence-corrected chi connectivity index (χ0v) is 58.9. The number of fused-ring (bicyclic) bond motifs is 9. The van der Waals surface area contributed by atoms with E-state index in [1.54, 1.807) is 0 Å². The fourth-order valence-corrected chi connectivity index (χ4v) is 18.0. The Labute approximate surface area is 625 Å². The van der Waals surface area contributed by atoms with Crippen molar-refractivity contribution in [2.45, 2.75) is 0 Å². The molecule has 502 valence electrons. The first-order valence-electron chi connectivity index (χ1n) is 37.3. The van der Waals surface area contributed by atoms with Crippen molar-refractivity contribution < 1.29 is 0 Å². The van der Waals surface area contributed by atoms with Crippen LogP contribution in [0.15, 0.2) is 400 Å². The summed E-state index contributed by atoms with van der Waals surface area (Å²) in [7, 11) is 0. The van der Waals surface area contributed by atoms with Gasteiger partial charge in [0.05, 0.1) is 33.1 Å². The third-order valence-electron chi connectivity index (χ3n) is 22.7. The van der Waals surface area contributed by atoms with Gasteiger partial charge in [0.1, 0.15) is 0 Å². The molecule has 0 saturated carbocycles. The number of nitrogens with zero attached hydrogens (tertiary/aromatic N) is 4. The van der Waals surface area contributed by atoms with Gasteiger partial charge in [0.15, 0.2) is 0 Å². The Morgan fingerprint density at radius 3 is 0.843 bits per heavy atom. The van der Waals surface area contributed by atoms with Gasteiger partial charge in [0.2, 0.25) is 0 Å². The minimum absolute atomic E-state index is 1.12. The summed E-state index contributed by atoms with van der Waals surface area (Å²) in [4.78, 5) is 2.30. The Bertz CT molecular complexity index is 7060. The number of hydrogen-bond donors (Lipinski definition) is 0. The van der Waals surface area contributed by atoms with Gasteiger partial charge >= 0.3 is 0 Å². The van der Waals surface area contributed by atoms with Crippen molar-refractivity contribution in [1.82, 2.24) is 13.7 Å². The minimum Gasteiger partial charge on any atom is -0.311 e. The van der Waals surface area contributed by atoms with Gasteiger partial charge in [0.25, 0.3) is 0 Å². The molecule has 0 radical (unpaired) electrons. The van der Waals surface area contributed by atoms with Gasteiger partial charge in [0, 0.05) is 66.4 Å². The normalized spacial score (nSPS) is 11.9. The summed E-state index contributed by atoms with van der Waals surface area (Å²) < 4.78 is 7.30. The maximum absolute atomic E-state index is 2.46. The number of benzene rings is 18. The number of hydrogen-bond acceptors (Lipinski definition) is 1. The summed E-state index contributed by atoms with van der Waals surface area (Å²) in [6, 6.07) is 146. The number of para-hydroxylation sites is 4. The van der Waals surface area contributed by atoms with Crippen molar-refractivity contribution in [3.8, 4) is 106 Å². The third-order valence-corrected chi connectivity index (χ3v) is 22.7. The number of anilines is 3. The number of rotatable bonds is 10. The Balaban J connectivity index is 0.000000134. The second-order valence-corrected chi connectivity index (χ2v) is 28.6. The molecule has 0 unspecified atom stereocenters. The average Bonchev–Trinajstić information content (AvgIpc) is 1.54. The molecule has 0 spiro atoms. The predicted molar refractivity (Wildman–Crippen MR) is 456 cm³/mol. The standard InChI is InChI=1S/C52H32N2.C52H34N2/c1-2-11-33(12-3-1)37-31-36-25-30-49-52-50(36)45(32-37)41-14-5-4-13-40(41)44-17-10-20-48(51(44)52)54(49)39-28-23-35(24-29-39)34-21-26-38(27-22-34)53-46-18-8-6-15-42(46)43-16-7-9-19-47(43)53;1-4-13-35(14-5-1)39-33-38-27-32-49-52-50(38)47(34-39)45-20-11-10-19-44(45)46-21-12-22-48(51(46)52)54(49)43-30-25-37(26-31-43)36-23-28-42(29-24-36)53(40-15-6-2-7-16-40)41-17-8-3-9-18-41/h1-32H;1-34H. The highest BCUT2D eigenvalue weighted by atomic mass is 15.1. The monoisotopic (exact) mass is 1370 g/mol. The maximum Gasteiger partial charge on any atom is 0.0547 e. The van der Waals surface area contributed by atoms with E-state index < -0.39 is 0 Å². The zero-order valence-electron chi connectivity index (χ0n) is 58.9. The molecule has 4 nitrogen and oxygen atoms in total. The van der Waals surface area contributed by atoms with E-state index in [2.05, 4.69) is 419 Å². The SMILES string of the molecule is c1ccc(-c2cc3c4c(ccc5c4c4c(cccc4n5-c4ccc(-c5ccc(-n6c7ccccc7c7ccccc76)cc5)cc4)-c4ccccc4-3)c2)cc1.c1ccc(-c2cc3c4c(ccc5c4c4c(cccc4n5-c4ccc(-c5ccc(N(c6ccccc6)c6ccccc6)cc5)cc4)-c4ccccc4-3)c2)cc1. The number of aromatic nitrogens is 3. The lowest BCUT2D eigenvalue weighted by Crippen LogP contribution is -2.09. The maximum atomic E-state index is 2.46. The molecule has 0 N–H and O–H groups in total. The van der Waals surface area contributed by atoms with Gasteiger partial charge in [-0.1, -0.05) is 267 Å². The molecule has 0 bridgehead atoms. The van der Waals surface area contributed by atoms with Crippen molar-refractivity contribution in [1.29, 1.82) is 0 Å². The fourth-order valence-electron chi connectivity index (χ4n) is 18.0. The molecule has 0 amide bonds. The molecule has 23 rings (SSSR count). The molecule has 2 aliphatic carbocycles. The lowest BCUT2D eigenvalue weighted by molar-refractivity contribution is 1.18. The quantitative estimate of drug-likeness (QED) is 0.133. The van der Waals surface area contributed by atoms with Gasteiger partial charge in [-0.3, -0.25) is 0 Å². The third kappa shape index (κ3) is 9.64. The van der Waals surface area contributed by atoms with Crippen LogP contribution in [0.1, 0.15) is 0 Å². The highest BCUT2D eigenvalue weighted by Crippen LogP contribution is 2.53. The Hall–Kier alpha value is -14.3. The van der Waals surface area contributed by atoms with E-state index in [1.807, 2.05) is 0 Å². The van der Waals surface area contributed by atoms with Crippen LogP contribution < -0.4 is 4.90 Å². The highest BCUT2D eigenvalue weighted by Gasteiger charge is 2.28. The summed E-state index contributed by atoms with van der Waals surface area (Å²) in [5.41, 5.74) is 34.3. The van der Waals surface area contributed by atoms with E-state index >= 15 is 0 Å². The smallest absolute Gasteiger partial charge is 0.0547 e. The molecule has 0 atom stereocenters. The first kappa shape index (κ1) is 61.2. The van der Waals surface area contributed by atoms with Gasteiger partial charge in [-0.2, -0.15) is 0 Å². The summed E-state index contributed by atoms with van der Waals surface area (Å²) in [5.74, 6) is 0. The van der Waals surface area contributed by atoms with Crippen LogP contribution in [0.2, 0.25) is 0 Å². The van der Waals surface area contributed by atoms with Crippen LogP contribution >= 0.6 is 0 Å². The summed E-state index contributed by atoms with van der Waals surface area (Å²) in [6.07, 6.45) is 0. The molecular weight excluding hydrogens is 1310 g/mol. The van der Waals surface area contributed by atoms with E-state index in [0.29, 0.717) is 0 Å². The molecular formula is C104H66N4. The Kier molecular flexibility index (Phi) is 14.0. The van der Waals surface area contributed by atoms with Gasteiger partial charge in [-0.05, 0) is 244 Å². The van der Waals surface area contributed by atoms with Crippen LogP contribution in [0.3, 0.4) is 0 Å². The summed E-state index contributed by atoms with van der Waals surface area (Å²) in [5, 5.41) is 13.0. The highest BCUT2D eigenvalue weighted by molar-refractivity contribution is 6.32. The Morgan fingerprint density at radius 1 is 0.157 bits per heavy atom. The second kappa shape index (κ2) is 24.7. The molecule has 21 aromatic rings. The van der Waals surface area contributed by atoms with E-state index in [9.17, 15) is 0 Å². The minimum atomic E-state index is 1.12. The van der Waals surface area contributed by atoms with Crippen molar-refractivity contribution in [2.24, 2.45) is 0 Å². The van der Waals surface area contributed by atoms with Crippen molar-refractivity contribution in [2.75, 3.05) is 4.90 Å². The lowest BCUT2D eigenvalue weighted by Gasteiger charge is -2.25. The topological polar surface area (TPSA) is 18.0 Å². The molecule has 3 aromatic heterocycles. The first-order valence-corrected chi connectivity index (χ1v) is 37.3. The molecule has 0 aliphatic heterocycles. The first-order chi connectivity index (χ1) is 53.6. The van der Waals surface area contributed by atoms with Gasteiger partial charge < -0.3 is 18.6 Å².